The molecule has 2 aromatic rings. The molecule has 0 unspecified atom stereocenters. The molecule has 0 radical (unpaired) electrons. The normalized spacial score (nSPS) is 11.1. The van der Waals surface area contributed by atoms with Gasteiger partial charge >= 0.3 is 0 Å². The first-order valence-corrected chi connectivity index (χ1v) is 9.96. The molecule has 0 bridgehead atoms. The topological polar surface area (TPSA) is 78.8 Å². The molecule has 2 rings (SSSR count). The van der Waals surface area contributed by atoms with Crippen LogP contribution in [0.5, 0.6) is 5.75 Å². The van der Waals surface area contributed by atoms with Crippen LogP contribution in [-0.4, -0.2) is 48.5 Å². The number of guanidine groups is 1. The van der Waals surface area contributed by atoms with E-state index in [1.165, 1.54) is 0 Å². The summed E-state index contributed by atoms with van der Waals surface area (Å²) in [5, 5.41) is 6.08. The van der Waals surface area contributed by atoms with Crippen LogP contribution in [0, 0.1) is 6.92 Å². The van der Waals surface area contributed by atoms with Gasteiger partial charge in [0.15, 0.2) is 5.96 Å². The number of aryl methyl sites for hydroxylation is 1. The first-order valence-electron chi connectivity index (χ1n) is 9.96. The Morgan fingerprint density at radius 3 is 2.59 bits per heavy atom. The summed E-state index contributed by atoms with van der Waals surface area (Å²) in [6.45, 7) is 8.40. The molecule has 7 nitrogen and oxygen atoms in total. The fourth-order valence-corrected chi connectivity index (χ4v) is 2.76. The minimum Gasteiger partial charge on any atom is -0.494 e. The summed E-state index contributed by atoms with van der Waals surface area (Å²) < 4.78 is 5.48. The standard InChI is InChI=1S/C22H31N5O2/c1-5-23-22(27(4)16-18-10-12-19(13-11-18)29-6-2)24-15-14-21(28)26-20-9-7-8-17(3)25-20/h7-13H,5-6,14-16H2,1-4H3,(H,23,24)(H,25,26,28). The van der Waals surface area contributed by atoms with Gasteiger partial charge in [0, 0.05) is 32.3 Å². The maximum atomic E-state index is 12.1. The maximum Gasteiger partial charge on any atom is 0.227 e. The Morgan fingerprint density at radius 1 is 1.17 bits per heavy atom. The number of rotatable bonds is 9. The summed E-state index contributed by atoms with van der Waals surface area (Å²) in [6.07, 6.45) is 0.293. The molecule has 0 saturated carbocycles. The first-order chi connectivity index (χ1) is 14.0. The lowest BCUT2D eigenvalue weighted by atomic mass is 10.2. The van der Waals surface area contributed by atoms with Gasteiger partial charge in [0.25, 0.3) is 0 Å². The van der Waals surface area contributed by atoms with E-state index in [1.54, 1.807) is 6.07 Å². The fourth-order valence-electron chi connectivity index (χ4n) is 2.76. The second kappa shape index (κ2) is 11.7. The van der Waals surface area contributed by atoms with E-state index in [0.717, 1.165) is 29.5 Å². The second-order valence-corrected chi connectivity index (χ2v) is 6.63. The summed E-state index contributed by atoms with van der Waals surface area (Å²) in [5.74, 6) is 2.10. The van der Waals surface area contributed by atoms with Crippen molar-refractivity contribution in [3.63, 3.8) is 0 Å². The zero-order valence-corrected chi connectivity index (χ0v) is 17.7. The van der Waals surface area contributed by atoms with Gasteiger partial charge in [-0.05, 0) is 50.6 Å². The third-order valence-corrected chi connectivity index (χ3v) is 4.11. The molecule has 0 fully saturated rings. The van der Waals surface area contributed by atoms with Crippen LogP contribution in [0.25, 0.3) is 0 Å². The van der Waals surface area contributed by atoms with Gasteiger partial charge in [-0.1, -0.05) is 18.2 Å². The van der Waals surface area contributed by atoms with Gasteiger partial charge in [-0.15, -0.1) is 0 Å². The molecule has 0 aliphatic heterocycles. The largest absolute Gasteiger partial charge is 0.494 e. The van der Waals surface area contributed by atoms with Crippen molar-refractivity contribution in [3.05, 3.63) is 53.7 Å². The Bertz CT molecular complexity index is 805. The number of carbonyl (C=O) groups is 1. The van der Waals surface area contributed by atoms with Crippen molar-refractivity contribution >= 4 is 17.7 Å². The van der Waals surface area contributed by atoms with Gasteiger partial charge < -0.3 is 20.3 Å². The summed E-state index contributed by atoms with van der Waals surface area (Å²) in [6, 6.07) is 13.6. The Balaban J connectivity index is 1.89. The number of pyridine rings is 1. The minimum atomic E-state index is -0.100. The zero-order chi connectivity index (χ0) is 21.1. The predicted molar refractivity (Wildman–Crippen MR) is 117 cm³/mol. The van der Waals surface area contributed by atoms with Gasteiger partial charge in [0.05, 0.1) is 13.2 Å². The predicted octanol–water partition coefficient (Wildman–Crippen LogP) is 3.21. The number of carbonyl (C=O) groups excluding carboxylic acids is 1. The molecule has 0 aliphatic rings. The van der Waals surface area contributed by atoms with Crippen LogP contribution < -0.4 is 15.4 Å². The molecule has 7 heteroatoms. The highest BCUT2D eigenvalue weighted by Crippen LogP contribution is 2.13. The highest BCUT2D eigenvalue weighted by molar-refractivity contribution is 5.90. The lowest BCUT2D eigenvalue weighted by Gasteiger charge is -2.22. The number of ether oxygens (including phenoxy) is 1. The quantitative estimate of drug-likeness (QED) is 0.502. The third kappa shape index (κ3) is 7.81. The number of amides is 1. The highest BCUT2D eigenvalue weighted by Gasteiger charge is 2.08. The number of nitrogens with zero attached hydrogens (tertiary/aromatic N) is 3. The smallest absolute Gasteiger partial charge is 0.227 e. The van der Waals surface area contributed by atoms with Gasteiger partial charge in [-0.2, -0.15) is 0 Å². The molecule has 1 amide bonds. The number of hydrogen-bond acceptors (Lipinski definition) is 4. The summed E-state index contributed by atoms with van der Waals surface area (Å²) in [7, 11) is 1.98. The second-order valence-electron chi connectivity index (χ2n) is 6.63. The zero-order valence-electron chi connectivity index (χ0n) is 17.7. The van der Waals surface area contributed by atoms with Gasteiger partial charge in [0.2, 0.25) is 5.91 Å². The Labute approximate surface area is 173 Å². The number of hydrogen-bond donors (Lipinski definition) is 2. The van der Waals surface area contributed by atoms with Gasteiger partial charge in [-0.3, -0.25) is 9.79 Å². The molecule has 1 heterocycles. The molecule has 1 aromatic heterocycles. The molecule has 0 atom stereocenters. The monoisotopic (exact) mass is 397 g/mol. The van der Waals surface area contributed by atoms with Crippen molar-refractivity contribution in [2.45, 2.75) is 33.7 Å². The Hall–Kier alpha value is -3.09. The molecule has 156 valence electrons. The van der Waals surface area contributed by atoms with Crippen LogP contribution >= 0.6 is 0 Å². The average molecular weight is 398 g/mol. The van der Waals surface area contributed by atoms with Crippen molar-refractivity contribution in [1.29, 1.82) is 0 Å². The van der Waals surface area contributed by atoms with Crippen LogP contribution in [0.3, 0.4) is 0 Å². The molecule has 29 heavy (non-hydrogen) atoms. The molecule has 0 saturated heterocycles. The van der Waals surface area contributed by atoms with Crippen molar-refractivity contribution in [2.24, 2.45) is 4.99 Å². The SMILES string of the molecule is CCNC(=NCCC(=O)Nc1cccc(C)n1)N(C)Cc1ccc(OCC)cc1. The number of aromatic nitrogens is 1. The summed E-state index contributed by atoms with van der Waals surface area (Å²) in [4.78, 5) is 23.0. The summed E-state index contributed by atoms with van der Waals surface area (Å²) in [5.41, 5.74) is 2.02. The van der Waals surface area contributed by atoms with E-state index in [-0.39, 0.29) is 5.91 Å². The van der Waals surface area contributed by atoms with Crippen molar-refractivity contribution in [2.75, 3.05) is 32.1 Å². The highest BCUT2D eigenvalue weighted by atomic mass is 16.5. The fraction of sp³-hybridized carbons (Fsp3) is 0.409. The van der Waals surface area contributed by atoms with Crippen LogP contribution in [-0.2, 0) is 11.3 Å². The lowest BCUT2D eigenvalue weighted by molar-refractivity contribution is -0.116. The van der Waals surface area contributed by atoms with Crippen LogP contribution in [0.2, 0.25) is 0 Å². The van der Waals surface area contributed by atoms with E-state index in [4.69, 9.17) is 4.74 Å². The van der Waals surface area contributed by atoms with Crippen LogP contribution in [0.4, 0.5) is 5.82 Å². The number of benzene rings is 1. The number of aliphatic imine (C=N–C) groups is 1. The molecule has 0 spiro atoms. The minimum absolute atomic E-state index is 0.100. The lowest BCUT2D eigenvalue weighted by Crippen LogP contribution is -2.38. The average Bonchev–Trinajstić information content (AvgIpc) is 2.69. The van der Waals surface area contributed by atoms with Crippen molar-refractivity contribution in [3.8, 4) is 5.75 Å². The van der Waals surface area contributed by atoms with E-state index < -0.39 is 0 Å². The molecular weight excluding hydrogens is 366 g/mol. The first kappa shape index (κ1) is 22.2. The van der Waals surface area contributed by atoms with Crippen LogP contribution in [0.15, 0.2) is 47.5 Å². The molecular formula is C22H31N5O2. The number of anilines is 1. The van der Waals surface area contributed by atoms with Crippen molar-refractivity contribution in [1.82, 2.24) is 15.2 Å². The summed E-state index contributed by atoms with van der Waals surface area (Å²) >= 11 is 0. The van der Waals surface area contributed by atoms with Crippen LogP contribution in [0.1, 0.15) is 31.5 Å². The van der Waals surface area contributed by atoms with Gasteiger partial charge in [-0.25, -0.2) is 4.98 Å². The Kier molecular flexibility index (Phi) is 8.95. The van der Waals surface area contributed by atoms with E-state index in [0.29, 0.717) is 31.9 Å². The number of nitrogens with one attached hydrogen (secondary N) is 2. The third-order valence-electron chi connectivity index (χ3n) is 4.11. The molecule has 0 aliphatic carbocycles. The van der Waals surface area contributed by atoms with E-state index in [1.807, 2.05) is 69.1 Å². The maximum absolute atomic E-state index is 12.1. The van der Waals surface area contributed by atoms with E-state index in [2.05, 4.69) is 20.6 Å². The molecule has 2 N–H and O–H groups in total. The van der Waals surface area contributed by atoms with E-state index in [9.17, 15) is 4.79 Å². The van der Waals surface area contributed by atoms with Crippen molar-refractivity contribution < 1.29 is 9.53 Å². The van der Waals surface area contributed by atoms with Gasteiger partial charge in [0.1, 0.15) is 11.6 Å². The van der Waals surface area contributed by atoms with E-state index >= 15 is 0 Å². The Morgan fingerprint density at radius 2 is 1.93 bits per heavy atom. The molecule has 1 aromatic carbocycles.